The van der Waals surface area contributed by atoms with Gasteiger partial charge >= 0.3 is 5.97 Å². The minimum atomic E-state index is -1.03. The van der Waals surface area contributed by atoms with Gasteiger partial charge in [0.2, 0.25) is 0 Å². The van der Waals surface area contributed by atoms with Gasteiger partial charge in [-0.1, -0.05) is 59.6 Å². The Labute approximate surface area is 188 Å². The summed E-state index contributed by atoms with van der Waals surface area (Å²) < 4.78 is 25.3. The highest BCUT2D eigenvalue weighted by atomic mass is 79.9. The van der Waals surface area contributed by atoms with Crippen LogP contribution in [0.4, 0.5) is 0 Å². The second-order valence-electron chi connectivity index (χ2n) is 6.87. The molecule has 0 spiro atoms. The van der Waals surface area contributed by atoms with E-state index in [1.807, 2.05) is 24.3 Å². The standard InChI is InChI=1S/C13H17BrO2S2.C7H5ClO3/c1-9(2)11-7-17(15)13(18(16)8-11)10-3-5-12(14)6-4-10;8-6-3-1-2-5(4-6)7(9)11-10/h3-6,9,11,13H,7-8H2,1-2H3;1-4,10H. The van der Waals surface area contributed by atoms with E-state index in [1.54, 1.807) is 12.1 Å². The Morgan fingerprint density at radius 3 is 2.21 bits per heavy atom. The lowest BCUT2D eigenvalue weighted by molar-refractivity contribution is -0.182. The fourth-order valence-corrected chi connectivity index (χ4v) is 7.89. The molecule has 1 saturated heterocycles. The molecule has 5 nitrogen and oxygen atoms in total. The molecule has 2 unspecified atom stereocenters. The van der Waals surface area contributed by atoms with Gasteiger partial charge in [0.15, 0.2) is 0 Å². The van der Waals surface area contributed by atoms with Crippen molar-refractivity contribution in [3.63, 3.8) is 0 Å². The van der Waals surface area contributed by atoms with Crippen LogP contribution in [0.5, 0.6) is 0 Å². The molecule has 0 aromatic heterocycles. The SMILES string of the molecule is CC(C)C1CS(=O)C(c2ccc(Br)cc2)S(=O)C1.O=C(OO)c1cccc(Cl)c1. The fourth-order valence-electron chi connectivity index (χ4n) is 2.74. The van der Waals surface area contributed by atoms with Gasteiger partial charge in [-0.2, -0.15) is 5.26 Å². The monoisotopic (exact) mass is 520 g/mol. The lowest BCUT2D eigenvalue weighted by Crippen LogP contribution is -2.34. The first kappa shape index (κ1) is 24.2. The van der Waals surface area contributed by atoms with E-state index >= 15 is 0 Å². The molecule has 158 valence electrons. The second-order valence-corrected chi connectivity index (χ2v) is 11.7. The fraction of sp³-hybridized carbons (Fsp3) is 0.350. The highest BCUT2D eigenvalue weighted by Crippen LogP contribution is 2.33. The van der Waals surface area contributed by atoms with E-state index in [0.29, 0.717) is 28.4 Å². The minimum absolute atomic E-state index is 0.222. The molecule has 1 heterocycles. The van der Waals surface area contributed by atoms with Crippen molar-refractivity contribution < 1.29 is 23.4 Å². The molecule has 1 fully saturated rings. The Morgan fingerprint density at radius 1 is 1.14 bits per heavy atom. The summed E-state index contributed by atoms with van der Waals surface area (Å²) in [5.74, 6) is 1.29. The summed E-state index contributed by atoms with van der Waals surface area (Å²) in [7, 11) is -2.06. The van der Waals surface area contributed by atoms with Crippen LogP contribution in [0, 0.1) is 11.8 Å². The lowest BCUT2D eigenvalue weighted by Gasteiger charge is -2.30. The van der Waals surface area contributed by atoms with Crippen LogP contribution < -0.4 is 0 Å². The topological polar surface area (TPSA) is 80.7 Å². The maximum atomic E-state index is 12.3. The first-order valence-electron chi connectivity index (χ1n) is 8.84. The van der Waals surface area contributed by atoms with Crippen molar-refractivity contribution in [1.82, 2.24) is 0 Å². The van der Waals surface area contributed by atoms with Gasteiger partial charge in [-0.05, 0) is 47.7 Å². The van der Waals surface area contributed by atoms with Gasteiger partial charge in [-0.25, -0.2) is 4.79 Å². The number of hydrogen-bond acceptors (Lipinski definition) is 5. The molecule has 1 aliphatic heterocycles. The number of carbonyl (C=O) groups is 1. The predicted octanol–water partition coefficient (Wildman–Crippen LogP) is 5.20. The molecule has 0 aliphatic carbocycles. The Kier molecular flexibility index (Phi) is 9.49. The van der Waals surface area contributed by atoms with Crippen molar-refractivity contribution >= 4 is 55.1 Å². The largest absolute Gasteiger partial charge is 0.372 e. The summed E-state index contributed by atoms with van der Waals surface area (Å²) in [6.07, 6.45) is 0. The maximum Gasteiger partial charge on any atom is 0.372 e. The average molecular weight is 522 g/mol. The molecule has 3 rings (SSSR count). The van der Waals surface area contributed by atoms with E-state index in [9.17, 15) is 13.2 Å². The van der Waals surface area contributed by atoms with Gasteiger partial charge < -0.3 is 0 Å². The zero-order valence-electron chi connectivity index (χ0n) is 15.9. The smallest absolute Gasteiger partial charge is 0.296 e. The Hall–Kier alpha value is -1.06. The van der Waals surface area contributed by atoms with E-state index in [0.717, 1.165) is 10.0 Å². The molecule has 0 amide bonds. The molecule has 9 heteroatoms. The van der Waals surface area contributed by atoms with Crippen molar-refractivity contribution in [1.29, 1.82) is 0 Å². The van der Waals surface area contributed by atoms with E-state index in [2.05, 4.69) is 34.7 Å². The van der Waals surface area contributed by atoms with Crippen molar-refractivity contribution in [2.24, 2.45) is 11.8 Å². The molecule has 1 aliphatic rings. The number of benzene rings is 2. The van der Waals surface area contributed by atoms with Crippen LogP contribution >= 0.6 is 27.5 Å². The third kappa shape index (κ3) is 7.00. The zero-order valence-corrected chi connectivity index (χ0v) is 19.9. The van der Waals surface area contributed by atoms with Crippen molar-refractivity contribution in [2.75, 3.05) is 11.5 Å². The molecule has 0 bridgehead atoms. The van der Waals surface area contributed by atoms with Gasteiger partial charge in [0, 0.05) is 42.6 Å². The highest BCUT2D eigenvalue weighted by molar-refractivity contribution is 9.10. The summed E-state index contributed by atoms with van der Waals surface area (Å²) >= 11 is 8.93. The van der Waals surface area contributed by atoms with E-state index in [1.165, 1.54) is 12.1 Å². The molecule has 0 radical (unpaired) electrons. The van der Waals surface area contributed by atoms with Crippen LogP contribution in [0.3, 0.4) is 0 Å². The van der Waals surface area contributed by atoms with Gasteiger partial charge in [0.25, 0.3) is 0 Å². The molecule has 29 heavy (non-hydrogen) atoms. The van der Waals surface area contributed by atoms with Gasteiger partial charge in [0.05, 0.1) is 5.56 Å². The number of carbonyl (C=O) groups excluding carboxylic acids is 1. The van der Waals surface area contributed by atoms with Crippen LogP contribution in [0.15, 0.2) is 53.0 Å². The minimum Gasteiger partial charge on any atom is -0.296 e. The molecular weight excluding hydrogens is 500 g/mol. The molecule has 2 aromatic rings. The highest BCUT2D eigenvalue weighted by Gasteiger charge is 2.35. The third-order valence-corrected chi connectivity index (χ3v) is 9.53. The number of halogens is 2. The van der Waals surface area contributed by atoms with Crippen LogP contribution in [-0.2, 0) is 26.5 Å². The van der Waals surface area contributed by atoms with E-state index in [-0.39, 0.29) is 10.1 Å². The molecule has 0 saturated carbocycles. The summed E-state index contributed by atoms with van der Waals surface area (Å²) in [6.45, 7) is 4.22. The van der Waals surface area contributed by atoms with Crippen molar-refractivity contribution in [3.8, 4) is 0 Å². The lowest BCUT2D eigenvalue weighted by atomic mass is 10.0. The quantitative estimate of drug-likeness (QED) is 0.443. The first-order chi connectivity index (χ1) is 13.7. The third-order valence-electron chi connectivity index (χ3n) is 4.46. The number of rotatable bonds is 3. The van der Waals surface area contributed by atoms with Crippen LogP contribution in [0.25, 0.3) is 0 Å². The van der Waals surface area contributed by atoms with E-state index in [4.69, 9.17) is 16.9 Å². The van der Waals surface area contributed by atoms with Crippen LogP contribution in [0.1, 0.15) is 34.4 Å². The average Bonchev–Trinajstić information content (AvgIpc) is 2.68. The molecule has 2 atom stereocenters. The first-order valence-corrected chi connectivity index (χ1v) is 12.8. The van der Waals surface area contributed by atoms with Gasteiger partial charge in [0.1, 0.15) is 4.58 Å². The van der Waals surface area contributed by atoms with E-state index < -0.39 is 27.6 Å². The maximum absolute atomic E-state index is 12.3. The normalized spacial score (nSPS) is 23.8. The van der Waals surface area contributed by atoms with Crippen LogP contribution in [0.2, 0.25) is 5.02 Å². The molecule has 2 aromatic carbocycles. The Balaban J connectivity index is 0.000000234. The van der Waals surface area contributed by atoms with Crippen molar-refractivity contribution in [3.05, 3.63) is 69.2 Å². The molecule has 1 N–H and O–H groups in total. The summed E-state index contributed by atoms with van der Waals surface area (Å²) in [6, 6.07) is 13.8. The van der Waals surface area contributed by atoms with Crippen LogP contribution in [-0.4, -0.2) is 31.2 Å². The molecular formula is C20H22BrClO5S2. The zero-order chi connectivity index (χ0) is 21.6. The summed E-state index contributed by atoms with van der Waals surface area (Å²) in [4.78, 5) is 14.1. The summed E-state index contributed by atoms with van der Waals surface area (Å²) in [5, 5.41) is 8.41. The van der Waals surface area contributed by atoms with Gasteiger partial charge in [-0.15, -0.1) is 0 Å². The second kappa shape index (κ2) is 11.4. The number of hydrogen-bond donors (Lipinski definition) is 1. The Morgan fingerprint density at radius 2 is 1.72 bits per heavy atom. The van der Waals surface area contributed by atoms with Crippen molar-refractivity contribution in [2.45, 2.75) is 18.4 Å². The predicted molar refractivity (Wildman–Crippen MR) is 121 cm³/mol. The summed E-state index contributed by atoms with van der Waals surface area (Å²) in [5.41, 5.74) is 1.15. The van der Waals surface area contributed by atoms with Gasteiger partial charge in [-0.3, -0.25) is 13.3 Å². The Bertz CT molecular complexity index is 871.